The minimum absolute atomic E-state index is 0.0609. The minimum Gasteiger partial charge on any atom is -0.493 e. The van der Waals surface area contributed by atoms with E-state index >= 15 is 0 Å². The van der Waals surface area contributed by atoms with Crippen LogP contribution < -0.4 is 24.4 Å². The van der Waals surface area contributed by atoms with Crippen molar-refractivity contribution in [1.29, 1.82) is 0 Å². The molecule has 150 valence electrons. The molecule has 1 fully saturated rings. The number of para-hydroxylation sites is 1. The van der Waals surface area contributed by atoms with E-state index in [1.807, 2.05) is 36.4 Å². The Bertz CT molecular complexity index is 960. The second-order valence-electron chi connectivity index (χ2n) is 7.47. The molecule has 7 nitrogen and oxygen atoms in total. The largest absolute Gasteiger partial charge is 0.493 e. The molecular weight excluding hydrogens is 372 g/mol. The van der Waals surface area contributed by atoms with E-state index < -0.39 is 0 Å². The van der Waals surface area contributed by atoms with Crippen molar-refractivity contribution in [3.63, 3.8) is 0 Å². The van der Waals surface area contributed by atoms with Crippen molar-refractivity contribution < 1.29 is 23.8 Å². The van der Waals surface area contributed by atoms with Crippen LogP contribution in [0.15, 0.2) is 42.5 Å². The van der Waals surface area contributed by atoms with Gasteiger partial charge in [-0.1, -0.05) is 18.2 Å². The number of hydrogen-bond acceptors (Lipinski definition) is 5. The van der Waals surface area contributed by atoms with E-state index in [0.29, 0.717) is 37.9 Å². The quantitative estimate of drug-likeness (QED) is 0.865. The van der Waals surface area contributed by atoms with Crippen LogP contribution in [0.3, 0.4) is 0 Å². The van der Waals surface area contributed by atoms with E-state index in [2.05, 4.69) is 5.32 Å². The molecule has 0 saturated carbocycles. The number of carbonyl (C=O) groups is 2. The molecule has 0 bridgehead atoms. The van der Waals surface area contributed by atoms with Crippen molar-refractivity contribution in [3.8, 4) is 17.2 Å². The Morgan fingerprint density at radius 2 is 1.76 bits per heavy atom. The first-order chi connectivity index (χ1) is 14.2. The molecule has 0 aliphatic carbocycles. The van der Waals surface area contributed by atoms with E-state index in [1.54, 1.807) is 11.0 Å². The van der Waals surface area contributed by atoms with Crippen LogP contribution in [-0.2, 0) is 9.59 Å². The van der Waals surface area contributed by atoms with Gasteiger partial charge in [-0.15, -0.1) is 0 Å². The fourth-order valence-corrected chi connectivity index (χ4v) is 4.11. The average Bonchev–Trinajstić information content (AvgIpc) is 3.15. The van der Waals surface area contributed by atoms with Gasteiger partial charge in [-0.05, 0) is 18.2 Å². The average molecular weight is 394 g/mol. The van der Waals surface area contributed by atoms with Crippen molar-refractivity contribution in [3.05, 3.63) is 48.0 Å². The standard InChI is InChI=1S/C22H22N2O5/c25-21-11-14(13-24(21)15-5-6-19-20(12-15)29-10-9-28-19)22(26)23-17-7-8-27-18-4-2-1-3-16(17)18/h1-6,12,14,17H,7-11,13H2,(H,23,26)/t14-,17+/m1/s1. The molecule has 2 atom stereocenters. The summed E-state index contributed by atoms with van der Waals surface area (Å²) in [5.74, 6) is 1.58. The zero-order valence-corrected chi connectivity index (χ0v) is 15.9. The van der Waals surface area contributed by atoms with Gasteiger partial charge < -0.3 is 24.4 Å². The summed E-state index contributed by atoms with van der Waals surface area (Å²) in [4.78, 5) is 27.2. The first kappa shape index (κ1) is 17.8. The van der Waals surface area contributed by atoms with Gasteiger partial charge in [0.25, 0.3) is 0 Å². The van der Waals surface area contributed by atoms with Gasteiger partial charge in [0.15, 0.2) is 11.5 Å². The molecule has 2 aromatic carbocycles. The lowest BCUT2D eigenvalue weighted by atomic mass is 9.99. The van der Waals surface area contributed by atoms with E-state index in [4.69, 9.17) is 14.2 Å². The molecule has 1 saturated heterocycles. The summed E-state index contributed by atoms with van der Waals surface area (Å²) >= 11 is 0. The third-order valence-electron chi connectivity index (χ3n) is 5.61. The van der Waals surface area contributed by atoms with Crippen LogP contribution in [0, 0.1) is 5.92 Å². The van der Waals surface area contributed by atoms with Gasteiger partial charge in [-0.3, -0.25) is 9.59 Å². The van der Waals surface area contributed by atoms with Gasteiger partial charge in [0.2, 0.25) is 11.8 Å². The zero-order chi connectivity index (χ0) is 19.8. The Balaban J connectivity index is 1.29. The summed E-state index contributed by atoms with van der Waals surface area (Å²) in [5, 5.41) is 3.12. The summed E-state index contributed by atoms with van der Waals surface area (Å²) in [6, 6.07) is 13.1. The highest BCUT2D eigenvalue weighted by Crippen LogP contribution is 2.36. The smallest absolute Gasteiger partial charge is 0.227 e. The number of fused-ring (bicyclic) bond motifs is 2. The highest BCUT2D eigenvalue weighted by molar-refractivity contribution is 6.00. The van der Waals surface area contributed by atoms with E-state index in [0.717, 1.165) is 23.4 Å². The molecular formula is C22H22N2O5. The van der Waals surface area contributed by atoms with Crippen LogP contribution in [0.2, 0.25) is 0 Å². The predicted octanol–water partition coefficient (Wildman–Crippen LogP) is 2.45. The van der Waals surface area contributed by atoms with Crippen molar-refractivity contribution in [1.82, 2.24) is 5.32 Å². The van der Waals surface area contributed by atoms with Crippen LogP contribution in [0.5, 0.6) is 17.2 Å². The Hall–Kier alpha value is -3.22. The number of carbonyl (C=O) groups excluding carboxylic acids is 2. The van der Waals surface area contributed by atoms with Gasteiger partial charge in [-0.25, -0.2) is 0 Å². The van der Waals surface area contributed by atoms with Gasteiger partial charge in [-0.2, -0.15) is 0 Å². The first-order valence-corrected chi connectivity index (χ1v) is 9.91. The number of hydrogen-bond donors (Lipinski definition) is 1. The third-order valence-corrected chi connectivity index (χ3v) is 5.61. The number of nitrogens with zero attached hydrogens (tertiary/aromatic N) is 1. The predicted molar refractivity (Wildman–Crippen MR) is 105 cm³/mol. The summed E-state index contributed by atoms with van der Waals surface area (Å²) in [6.45, 7) is 1.93. The maximum atomic E-state index is 12.9. The fourth-order valence-electron chi connectivity index (χ4n) is 4.11. The summed E-state index contributed by atoms with van der Waals surface area (Å²) < 4.78 is 16.8. The topological polar surface area (TPSA) is 77.1 Å². The molecule has 3 heterocycles. The number of amides is 2. The maximum Gasteiger partial charge on any atom is 0.227 e. The van der Waals surface area contributed by atoms with Crippen LogP contribution in [0.4, 0.5) is 5.69 Å². The number of benzene rings is 2. The normalized spacial score (nSPS) is 22.6. The van der Waals surface area contributed by atoms with Crippen LogP contribution in [0.25, 0.3) is 0 Å². The van der Waals surface area contributed by atoms with Crippen LogP contribution in [0.1, 0.15) is 24.4 Å². The molecule has 29 heavy (non-hydrogen) atoms. The molecule has 1 N–H and O–H groups in total. The lowest BCUT2D eigenvalue weighted by Gasteiger charge is -2.27. The SMILES string of the molecule is O=C(N[C@H]1CCOc2ccccc21)[C@@H]1CC(=O)N(c2ccc3c(c2)OCCO3)C1. The maximum absolute atomic E-state index is 12.9. The molecule has 0 radical (unpaired) electrons. The number of anilines is 1. The lowest BCUT2D eigenvalue weighted by Crippen LogP contribution is -2.37. The van der Waals surface area contributed by atoms with Crippen molar-refractivity contribution in [2.75, 3.05) is 31.3 Å². The molecule has 0 unspecified atom stereocenters. The Kier molecular flexibility index (Phi) is 4.50. The molecule has 0 aromatic heterocycles. The molecule has 3 aliphatic heterocycles. The van der Waals surface area contributed by atoms with Gasteiger partial charge >= 0.3 is 0 Å². The summed E-state index contributed by atoms with van der Waals surface area (Å²) in [5.41, 5.74) is 1.71. The summed E-state index contributed by atoms with van der Waals surface area (Å²) in [6.07, 6.45) is 0.917. The highest BCUT2D eigenvalue weighted by Gasteiger charge is 2.37. The van der Waals surface area contributed by atoms with Crippen molar-refractivity contribution >= 4 is 17.5 Å². The minimum atomic E-state index is -0.384. The van der Waals surface area contributed by atoms with E-state index in [9.17, 15) is 9.59 Å². The number of rotatable bonds is 3. The van der Waals surface area contributed by atoms with E-state index in [1.165, 1.54) is 0 Å². The zero-order valence-electron chi connectivity index (χ0n) is 15.9. The lowest BCUT2D eigenvalue weighted by molar-refractivity contribution is -0.127. The molecule has 2 aromatic rings. The highest BCUT2D eigenvalue weighted by atomic mass is 16.6. The van der Waals surface area contributed by atoms with Crippen molar-refractivity contribution in [2.45, 2.75) is 18.9 Å². The molecule has 3 aliphatic rings. The Morgan fingerprint density at radius 1 is 0.966 bits per heavy atom. The monoisotopic (exact) mass is 394 g/mol. The molecule has 7 heteroatoms. The Morgan fingerprint density at radius 3 is 2.66 bits per heavy atom. The van der Waals surface area contributed by atoms with Gasteiger partial charge in [0.05, 0.1) is 18.6 Å². The van der Waals surface area contributed by atoms with Crippen LogP contribution in [-0.4, -0.2) is 38.2 Å². The van der Waals surface area contributed by atoms with Gasteiger partial charge in [0.1, 0.15) is 19.0 Å². The molecule has 0 spiro atoms. The fraction of sp³-hybridized carbons (Fsp3) is 0.364. The van der Waals surface area contributed by atoms with Crippen molar-refractivity contribution in [2.24, 2.45) is 5.92 Å². The second kappa shape index (κ2) is 7.31. The number of nitrogens with one attached hydrogen (secondary N) is 1. The van der Waals surface area contributed by atoms with E-state index in [-0.39, 0.29) is 30.2 Å². The number of ether oxygens (including phenoxy) is 3. The first-order valence-electron chi connectivity index (χ1n) is 9.91. The Labute approximate surface area is 168 Å². The van der Waals surface area contributed by atoms with Gasteiger partial charge in [0, 0.05) is 36.7 Å². The molecule has 5 rings (SSSR count). The summed E-state index contributed by atoms with van der Waals surface area (Å²) in [7, 11) is 0. The third kappa shape index (κ3) is 3.37. The second-order valence-corrected chi connectivity index (χ2v) is 7.47. The van der Waals surface area contributed by atoms with Crippen LogP contribution >= 0.6 is 0 Å². The molecule has 2 amide bonds.